The summed E-state index contributed by atoms with van der Waals surface area (Å²) >= 11 is 0. The molecule has 0 N–H and O–H groups in total. The van der Waals surface area contributed by atoms with Gasteiger partial charge in [-0.05, 0) is 67.7 Å². The van der Waals surface area contributed by atoms with Crippen molar-refractivity contribution in [2.75, 3.05) is 33.0 Å². The van der Waals surface area contributed by atoms with Gasteiger partial charge in [0, 0.05) is 49.8 Å². The van der Waals surface area contributed by atoms with E-state index in [9.17, 15) is 0 Å². The first kappa shape index (κ1) is 20.2. The summed E-state index contributed by atoms with van der Waals surface area (Å²) in [5.41, 5.74) is 0. The van der Waals surface area contributed by atoms with Crippen LogP contribution in [0.3, 0.4) is 0 Å². The minimum absolute atomic E-state index is 0.718. The third kappa shape index (κ3) is 4.94. The molecular formula is C20H42N4. The molecule has 0 radical (unpaired) electrons. The van der Waals surface area contributed by atoms with Crippen LogP contribution >= 0.6 is 0 Å². The third-order valence-electron chi connectivity index (χ3n) is 6.06. The third-order valence-corrected chi connectivity index (χ3v) is 6.06. The Morgan fingerprint density at radius 2 is 1.08 bits per heavy atom. The summed E-state index contributed by atoms with van der Waals surface area (Å²) in [5, 5.41) is 0. The number of rotatable bonds is 4. The van der Waals surface area contributed by atoms with E-state index in [4.69, 9.17) is 0 Å². The zero-order valence-corrected chi connectivity index (χ0v) is 17.5. The van der Waals surface area contributed by atoms with Gasteiger partial charge in [-0.3, -0.25) is 19.6 Å². The molecule has 3 rings (SSSR count). The van der Waals surface area contributed by atoms with E-state index >= 15 is 0 Å². The van der Waals surface area contributed by atoms with Gasteiger partial charge in [0.1, 0.15) is 0 Å². The Hall–Kier alpha value is -0.160. The first-order chi connectivity index (χ1) is 11.2. The van der Waals surface area contributed by atoms with E-state index in [-0.39, 0.29) is 0 Å². The number of likely N-dealkylation sites (tertiary alicyclic amines) is 2. The average Bonchev–Trinajstić information content (AvgIpc) is 2.71. The summed E-state index contributed by atoms with van der Waals surface area (Å²) in [4.78, 5) is 10.3. The van der Waals surface area contributed by atoms with Crippen molar-refractivity contribution in [1.29, 1.82) is 0 Å². The highest BCUT2D eigenvalue weighted by atomic mass is 15.5. The molecule has 3 heterocycles. The van der Waals surface area contributed by atoms with Crippen molar-refractivity contribution in [1.82, 2.24) is 19.6 Å². The molecular weight excluding hydrogens is 296 g/mol. The van der Waals surface area contributed by atoms with E-state index in [1.54, 1.807) is 0 Å². The standard InChI is InChI=1S/C12H24N2.C8H18N2/c1-9(2)13-6-11-5-12(8-13)14(7-11)10(3)4;1-7(2)9-5-10(6-9)8(3)4/h9-12H,5-8H2,1-4H3;7-8H,5-6H2,1-4H3. The smallest absolute Gasteiger partial charge is 0.0535 e. The molecule has 24 heavy (non-hydrogen) atoms. The minimum atomic E-state index is 0.718. The zero-order valence-electron chi connectivity index (χ0n) is 17.5. The highest BCUT2D eigenvalue weighted by Crippen LogP contribution is 2.31. The fourth-order valence-electron chi connectivity index (χ4n) is 4.16. The van der Waals surface area contributed by atoms with Gasteiger partial charge in [0.25, 0.3) is 0 Å². The molecule has 3 fully saturated rings. The molecule has 0 saturated carbocycles. The normalized spacial score (nSPS) is 29.5. The van der Waals surface area contributed by atoms with Crippen LogP contribution in [0.25, 0.3) is 0 Å². The Kier molecular flexibility index (Phi) is 7.12. The Balaban J connectivity index is 0.000000185. The molecule has 0 aliphatic carbocycles. The number of hydrogen-bond donors (Lipinski definition) is 0. The molecule has 3 aliphatic rings. The largest absolute Gasteiger partial charge is 0.299 e. The van der Waals surface area contributed by atoms with E-state index in [1.807, 2.05) is 0 Å². The Labute approximate surface area is 151 Å². The lowest BCUT2D eigenvalue weighted by Gasteiger charge is -2.47. The van der Waals surface area contributed by atoms with Crippen molar-refractivity contribution in [3.8, 4) is 0 Å². The number of piperidine rings is 1. The quantitative estimate of drug-likeness (QED) is 0.780. The molecule has 3 saturated heterocycles. The molecule has 142 valence electrons. The maximum atomic E-state index is 2.70. The van der Waals surface area contributed by atoms with Crippen molar-refractivity contribution in [2.24, 2.45) is 5.92 Å². The maximum absolute atomic E-state index is 2.70. The molecule has 0 amide bonds. The summed E-state index contributed by atoms with van der Waals surface area (Å²) < 4.78 is 0. The molecule has 0 spiro atoms. The fraction of sp³-hybridized carbons (Fsp3) is 1.00. The second-order valence-electron chi connectivity index (χ2n) is 9.24. The van der Waals surface area contributed by atoms with E-state index in [0.29, 0.717) is 0 Å². The van der Waals surface area contributed by atoms with Gasteiger partial charge in [-0.2, -0.15) is 0 Å². The number of nitrogens with zero attached hydrogens (tertiary/aromatic N) is 4. The summed E-state index contributed by atoms with van der Waals surface area (Å²) in [6.45, 7) is 24.6. The van der Waals surface area contributed by atoms with Crippen molar-refractivity contribution in [2.45, 2.75) is 92.0 Å². The molecule has 2 unspecified atom stereocenters. The minimum Gasteiger partial charge on any atom is -0.299 e. The van der Waals surface area contributed by atoms with Crippen molar-refractivity contribution in [3.05, 3.63) is 0 Å². The van der Waals surface area contributed by atoms with Gasteiger partial charge >= 0.3 is 0 Å². The lowest BCUT2D eigenvalue weighted by molar-refractivity contribution is -0.0698. The van der Waals surface area contributed by atoms with Gasteiger partial charge in [0.15, 0.2) is 0 Å². The van der Waals surface area contributed by atoms with E-state index in [1.165, 1.54) is 26.1 Å². The summed E-state index contributed by atoms with van der Waals surface area (Å²) in [5.74, 6) is 0.943. The first-order valence-corrected chi connectivity index (χ1v) is 10.2. The van der Waals surface area contributed by atoms with E-state index in [0.717, 1.165) is 49.5 Å². The Bertz CT molecular complexity index is 360. The zero-order chi connectivity index (χ0) is 18.0. The van der Waals surface area contributed by atoms with Gasteiger partial charge < -0.3 is 0 Å². The molecule has 0 aromatic carbocycles. The monoisotopic (exact) mass is 338 g/mol. The van der Waals surface area contributed by atoms with Crippen molar-refractivity contribution in [3.63, 3.8) is 0 Å². The number of fused-ring (bicyclic) bond motifs is 2. The second-order valence-corrected chi connectivity index (χ2v) is 9.24. The SMILES string of the molecule is CC(C)N1CC2CC(C1)N(C(C)C)C2.CC(C)N1CN(C(C)C)C1. The molecule has 0 aromatic heterocycles. The van der Waals surface area contributed by atoms with Crippen LogP contribution < -0.4 is 0 Å². The van der Waals surface area contributed by atoms with E-state index in [2.05, 4.69) is 75.0 Å². The van der Waals surface area contributed by atoms with Gasteiger partial charge in [-0.15, -0.1) is 0 Å². The van der Waals surface area contributed by atoms with Gasteiger partial charge in [0.05, 0.1) is 13.3 Å². The molecule has 2 bridgehead atoms. The predicted octanol–water partition coefficient (Wildman–Crippen LogP) is 3.15. The van der Waals surface area contributed by atoms with Crippen molar-refractivity contribution < 1.29 is 0 Å². The van der Waals surface area contributed by atoms with Crippen LogP contribution in [0, 0.1) is 5.92 Å². The molecule has 3 aliphatic heterocycles. The molecule has 4 heteroatoms. The molecule has 0 aromatic rings. The highest BCUT2D eigenvalue weighted by Gasteiger charge is 2.39. The predicted molar refractivity (Wildman–Crippen MR) is 104 cm³/mol. The van der Waals surface area contributed by atoms with Gasteiger partial charge in [-0.25, -0.2) is 0 Å². The average molecular weight is 339 g/mol. The Morgan fingerprint density at radius 3 is 1.50 bits per heavy atom. The van der Waals surface area contributed by atoms with Crippen LogP contribution in [0.1, 0.15) is 61.8 Å². The van der Waals surface area contributed by atoms with Gasteiger partial charge in [0.2, 0.25) is 0 Å². The van der Waals surface area contributed by atoms with Crippen LogP contribution in [0.5, 0.6) is 0 Å². The lowest BCUT2D eigenvalue weighted by atomic mass is 9.99. The van der Waals surface area contributed by atoms with Crippen LogP contribution in [-0.4, -0.2) is 82.8 Å². The maximum Gasteiger partial charge on any atom is 0.0535 e. The summed E-state index contributed by atoms with van der Waals surface area (Å²) in [6, 6.07) is 3.74. The van der Waals surface area contributed by atoms with E-state index < -0.39 is 0 Å². The topological polar surface area (TPSA) is 13.0 Å². The second kappa shape index (κ2) is 8.48. The van der Waals surface area contributed by atoms with Crippen LogP contribution in [0.2, 0.25) is 0 Å². The highest BCUT2D eigenvalue weighted by molar-refractivity contribution is 4.95. The fourth-order valence-corrected chi connectivity index (χ4v) is 4.16. The van der Waals surface area contributed by atoms with Crippen LogP contribution in [-0.2, 0) is 0 Å². The molecule has 2 atom stereocenters. The first-order valence-electron chi connectivity index (χ1n) is 10.2. The van der Waals surface area contributed by atoms with Crippen molar-refractivity contribution >= 4 is 0 Å². The van der Waals surface area contributed by atoms with Gasteiger partial charge in [-0.1, -0.05) is 0 Å². The Morgan fingerprint density at radius 1 is 0.583 bits per heavy atom. The summed E-state index contributed by atoms with van der Waals surface area (Å²) in [7, 11) is 0. The number of hydrogen-bond acceptors (Lipinski definition) is 4. The molecule has 4 nitrogen and oxygen atoms in total. The van der Waals surface area contributed by atoms with Crippen LogP contribution in [0.4, 0.5) is 0 Å². The summed E-state index contributed by atoms with van der Waals surface area (Å²) in [6.07, 6.45) is 1.45. The van der Waals surface area contributed by atoms with Crippen LogP contribution in [0.15, 0.2) is 0 Å². The lowest BCUT2D eigenvalue weighted by Crippen LogP contribution is -2.59.